The van der Waals surface area contributed by atoms with Crippen LogP contribution in [0.4, 0.5) is 0 Å². The van der Waals surface area contributed by atoms with E-state index in [1.807, 2.05) is 91.0 Å². The zero-order valence-electron chi connectivity index (χ0n) is 30.6. The van der Waals surface area contributed by atoms with Crippen LogP contribution in [0.2, 0.25) is 0 Å². The summed E-state index contributed by atoms with van der Waals surface area (Å²) < 4.78 is 34.0. The minimum atomic E-state index is -4.94. The van der Waals surface area contributed by atoms with Gasteiger partial charge in [0.2, 0.25) is 0 Å². The first-order valence-electron chi connectivity index (χ1n) is 17.7. The topological polar surface area (TPSA) is 126 Å². The van der Waals surface area contributed by atoms with E-state index in [1.165, 1.54) is 53.3 Å². The van der Waals surface area contributed by atoms with Crippen molar-refractivity contribution in [2.24, 2.45) is 0 Å². The standard InChI is InChI=1S/C19H15OP.C19H14OP.C8H13.ClHO4.Rh/c2*20-15-16-9-7-8-14-19(16)21(17-10-3-1-4-11-17)18-12-5-2-6-13-18;1-2-4-6-8-7-5-3-1;2-1(3,4)5;/h1-15H;1-14H;1-3H,4-8H2;(H,2,3,4,5);/q;-1;;;+3/p-1. The maximum atomic E-state index is 11.4. The van der Waals surface area contributed by atoms with Crippen molar-refractivity contribution in [3.8, 4) is 0 Å². The van der Waals surface area contributed by atoms with Crippen molar-refractivity contribution < 1.29 is 57.9 Å². The predicted molar refractivity (Wildman–Crippen MR) is 216 cm³/mol. The third-order valence-corrected chi connectivity index (χ3v) is 13.1. The van der Waals surface area contributed by atoms with Crippen LogP contribution in [-0.2, 0) is 24.3 Å². The Kier molecular flexibility index (Phi) is 21.9. The van der Waals surface area contributed by atoms with Crippen molar-refractivity contribution in [2.75, 3.05) is 0 Å². The van der Waals surface area contributed by atoms with E-state index in [1.54, 1.807) is 0 Å². The minimum absolute atomic E-state index is 0. The molecular weight excluding hydrogens is 849 g/mol. The monoisotopic (exact) mass is 890 g/mol. The molecule has 0 atom stereocenters. The first-order valence-corrected chi connectivity index (χ1v) is 21.6. The van der Waals surface area contributed by atoms with Gasteiger partial charge >= 0.3 is 19.5 Å². The van der Waals surface area contributed by atoms with Crippen LogP contribution in [0.25, 0.3) is 0 Å². The molecule has 0 heterocycles. The van der Waals surface area contributed by atoms with Gasteiger partial charge in [-0.15, -0.1) is 33.2 Å². The molecule has 1 fully saturated rings. The van der Waals surface area contributed by atoms with E-state index >= 15 is 0 Å². The van der Waals surface area contributed by atoms with Gasteiger partial charge in [0.05, 0.1) is 6.29 Å². The zero-order valence-corrected chi connectivity index (χ0v) is 34.7. The van der Waals surface area contributed by atoms with Gasteiger partial charge in [-0.3, -0.25) is 4.79 Å². The third kappa shape index (κ3) is 16.4. The first-order chi connectivity index (χ1) is 26.8. The average Bonchev–Trinajstić information content (AvgIpc) is 3.20. The van der Waals surface area contributed by atoms with Gasteiger partial charge in [0.1, 0.15) is 0 Å². The number of carbonyl (C=O) groups is 1. The summed E-state index contributed by atoms with van der Waals surface area (Å²) in [6, 6.07) is 57.1. The fraction of sp³-hybridized carbons (Fsp3) is 0.109. The first kappa shape index (κ1) is 46.7. The van der Waals surface area contributed by atoms with Crippen molar-refractivity contribution in [3.05, 3.63) is 200 Å². The number of rotatable bonds is 8. The maximum Gasteiger partial charge on any atom is 3.00 e. The molecule has 1 saturated carbocycles. The number of hydrogen-bond donors (Lipinski definition) is 0. The Morgan fingerprint density at radius 1 is 0.482 bits per heavy atom. The van der Waals surface area contributed by atoms with Crippen LogP contribution in [0.15, 0.2) is 170 Å². The van der Waals surface area contributed by atoms with Crippen LogP contribution in [0.5, 0.6) is 0 Å². The Morgan fingerprint density at radius 2 is 0.821 bits per heavy atom. The Balaban J connectivity index is 0.000000226. The van der Waals surface area contributed by atoms with Crippen LogP contribution in [0.3, 0.4) is 0 Å². The van der Waals surface area contributed by atoms with Crippen molar-refractivity contribution in [2.45, 2.75) is 32.1 Å². The number of halogens is 1. The summed E-state index contributed by atoms with van der Waals surface area (Å²) in [5.41, 5.74) is 1.42. The van der Waals surface area contributed by atoms with Crippen LogP contribution in [-0.4, -0.2) is 12.6 Å². The molecule has 56 heavy (non-hydrogen) atoms. The van der Waals surface area contributed by atoms with E-state index < -0.39 is 26.1 Å². The Bertz CT molecular complexity index is 1730. The van der Waals surface area contributed by atoms with Gasteiger partial charge in [0.15, 0.2) is 6.29 Å². The SMILES string of the molecule is O=Cc1ccccc1P(c1ccccc1)c1ccccc1.O=[C-]c1ccccc1P(c1ccccc1)c1ccccc1.[CH]1[CH]CCCCC[CH]1.[O-][Cl+3]([O-])([O-])[O-].[Rh+3]. The molecule has 6 aromatic carbocycles. The average molecular weight is 891 g/mol. The molecule has 0 amide bonds. The molecule has 0 aliphatic heterocycles. The second-order valence-electron chi connectivity index (χ2n) is 12.0. The van der Waals surface area contributed by atoms with Gasteiger partial charge in [0.25, 0.3) is 0 Å². The summed E-state index contributed by atoms with van der Waals surface area (Å²) in [7, 11) is -6.38. The van der Waals surface area contributed by atoms with Gasteiger partial charge in [-0.1, -0.05) is 179 Å². The molecule has 287 valence electrons. The summed E-state index contributed by atoms with van der Waals surface area (Å²) in [5.74, 6) is 0. The van der Waals surface area contributed by atoms with E-state index in [0.29, 0.717) is 5.56 Å². The fourth-order valence-corrected chi connectivity index (χ4v) is 10.5. The summed E-state index contributed by atoms with van der Waals surface area (Å²) in [6.45, 7) is 0. The Morgan fingerprint density at radius 3 is 1.21 bits per heavy atom. The quantitative estimate of drug-likeness (QED) is 0.0987. The molecule has 6 nitrogen and oxygen atoms in total. The van der Waals surface area contributed by atoms with Crippen molar-refractivity contribution in [1.82, 2.24) is 0 Å². The maximum absolute atomic E-state index is 11.4. The Hall–Kier alpha value is -3.73. The number of benzene rings is 6. The second-order valence-corrected chi connectivity index (χ2v) is 17.1. The summed E-state index contributed by atoms with van der Waals surface area (Å²) in [5, 5.41) is 7.16. The number of hydrogen-bond acceptors (Lipinski definition) is 6. The molecule has 7 rings (SSSR count). The van der Waals surface area contributed by atoms with E-state index in [4.69, 9.17) is 18.6 Å². The summed E-state index contributed by atoms with van der Waals surface area (Å²) >= 11 is 0. The van der Waals surface area contributed by atoms with Crippen molar-refractivity contribution in [1.29, 1.82) is 0 Å². The summed E-state index contributed by atoms with van der Waals surface area (Å²) in [4.78, 5) is 22.7. The summed E-state index contributed by atoms with van der Waals surface area (Å²) in [6.07, 6.45) is 16.5. The second kappa shape index (κ2) is 26.2. The molecule has 3 radical (unpaired) electrons. The molecule has 0 bridgehead atoms. The predicted octanol–water partition coefficient (Wildman–Crippen LogP) is 3.96. The van der Waals surface area contributed by atoms with E-state index in [0.717, 1.165) is 22.5 Å². The Labute approximate surface area is 348 Å². The zero-order chi connectivity index (χ0) is 39.1. The molecule has 6 aromatic rings. The molecule has 0 unspecified atom stereocenters. The van der Waals surface area contributed by atoms with Crippen LogP contribution < -0.4 is 50.5 Å². The molecule has 0 spiro atoms. The van der Waals surface area contributed by atoms with Crippen LogP contribution >= 0.6 is 15.8 Å². The number of aldehydes is 1. The van der Waals surface area contributed by atoms with Gasteiger partial charge in [0, 0.05) is 5.56 Å². The third-order valence-electron chi connectivity index (χ3n) is 8.13. The van der Waals surface area contributed by atoms with Gasteiger partial charge in [-0.05, 0) is 66.5 Å². The fourth-order valence-electron chi connectivity index (χ4n) is 5.70. The van der Waals surface area contributed by atoms with Gasteiger partial charge in [-0.25, -0.2) is 18.6 Å². The van der Waals surface area contributed by atoms with Gasteiger partial charge < -0.3 is 4.79 Å². The molecule has 0 N–H and O–H groups in total. The molecule has 0 saturated heterocycles. The van der Waals surface area contributed by atoms with E-state index in [-0.39, 0.29) is 19.5 Å². The molecule has 1 aliphatic rings. The molecule has 10 heteroatoms. The van der Waals surface area contributed by atoms with Crippen LogP contribution in [0.1, 0.15) is 48.0 Å². The molecule has 0 aromatic heterocycles. The molecule has 1 aliphatic carbocycles. The smallest absolute Gasteiger partial charge is 0.376 e. The van der Waals surface area contributed by atoms with Crippen molar-refractivity contribution in [3.63, 3.8) is 0 Å². The van der Waals surface area contributed by atoms with E-state index in [2.05, 4.69) is 104 Å². The van der Waals surface area contributed by atoms with Gasteiger partial charge in [-0.2, -0.15) is 6.07 Å². The molecular formula is C46H42ClO6P2Rh+. The van der Waals surface area contributed by atoms with E-state index in [9.17, 15) is 9.59 Å². The normalized spacial score (nSPS) is 12.4. The minimum Gasteiger partial charge on any atom is -0.376 e. The van der Waals surface area contributed by atoms with Crippen LogP contribution in [0, 0.1) is 29.5 Å². The largest absolute Gasteiger partial charge is 3.00 e. The number of carbonyl (C=O) groups excluding carboxylic acids is 2. The van der Waals surface area contributed by atoms with Crippen molar-refractivity contribution >= 4 is 60.2 Å².